The molecular weight excluding hydrogens is 262 g/mol. The Morgan fingerprint density at radius 2 is 2.14 bits per heavy atom. The summed E-state index contributed by atoms with van der Waals surface area (Å²) in [6, 6.07) is 0. The van der Waals surface area contributed by atoms with E-state index in [9.17, 15) is 4.79 Å². The summed E-state index contributed by atoms with van der Waals surface area (Å²) in [7, 11) is 0. The summed E-state index contributed by atoms with van der Waals surface area (Å²) >= 11 is 0. The van der Waals surface area contributed by atoms with Crippen molar-refractivity contribution in [2.75, 3.05) is 0 Å². The van der Waals surface area contributed by atoms with Crippen molar-refractivity contribution in [1.82, 2.24) is 14.9 Å². The number of hydrogen-bond acceptors (Lipinski definition) is 2. The fraction of sp³-hybridized carbons (Fsp3) is 0.765. The van der Waals surface area contributed by atoms with Crippen molar-refractivity contribution in [3.05, 3.63) is 18.2 Å². The third kappa shape index (κ3) is 3.30. The van der Waals surface area contributed by atoms with Crippen LogP contribution in [0.1, 0.15) is 64.1 Å². The quantitative estimate of drug-likeness (QED) is 0.875. The van der Waals surface area contributed by atoms with Crippen molar-refractivity contribution >= 4 is 5.91 Å². The van der Waals surface area contributed by atoms with Crippen LogP contribution in [0, 0.1) is 5.92 Å². The number of nitrogens with one attached hydrogen (secondary N) is 1. The molecule has 0 bridgehead atoms. The van der Waals surface area contributed by atoms with E-state index in [0.717, 1.165) is 24.7 Å². The van der Waals surface area contributed by atoms with E-state index in [2.05, 4.69) is 21.8 Å². The van der Waals surface area contributed by atoms with Crippen LogP contribution in [0.4, 0.5) is 0 Å². The molecule has 2 aliphatic rings. The number of carbonyl (C=O) groups excluding carboxylic acids is 1. The van der Waals surface area contributed by atoms with Gasteiger partial charge >= 0.3 is 0 Å². The highest BCUT2D eigenvalue weighted by atomic mass is 16.1. The molecule has 0 radical (unpaired) electrons. The smallest absolute Gasteiger partial charge is 0.222 e. The number of nitrogens with zero attached hydrogens (tertiary/aromatic N) is 2. The fourth-order valence-corrected chi connectivity index (χ4v) is 3.85. The first-order valence-electron chi connectivity index (χ1n) is 8.54. The van der Waals surface area contributed by atoms with E-state index in [-0.39, 0.29) is 11.4 Å². The number of hydrogen-bond donors (Lipinski definition) is 1. The molecule has 1 N–H and O–H groups in total. The Kier molecular flexibility index (Phi) is 4.32. The lowest BCUT2D eigenvalue weighted by molar-refractivity contribution is -0.122. The zero-order valence-corrected chi connectivity index (χ0v) is 13.1. The molecule has 4 heteroatoms. The highest BCUT2D eigenvalue weighted by molar-refractivity contribution is 5.77. The molecule has 0 saturated heterocycles. The summed E-state index contributed by atoms with van der Waals surface area (Å²) in [5, 5.41) is 3.36. The number of carbonyl (C=O) groups is 1. The highest BCUT2D eigenvalue weighted by Gasteiger charge is 2.49. The van der Waals surface area contributed by atoms with Crippen molar-refractivity contribution in [2.24, 2.45) is 5.92 Å². The molecule has 2 fully saturated rings. The normalized spacial score (nSPS) is 21.2. The van der Waals surface area contributed by atoms with Crippen molar-refractivity contribution in [3.63, 3.8) is 0 Å². The first-order chi connectivity index (χ1) is 10.2. The molecular formula is C17H27N3O. The van der Waals surface area contributed by atoms with Crippen molar-refractivity contribution in [1.29, 1.82) is 0 Å². The molecule has 0 aliphatic heterocycles. The van der Waals surface area contributed by atoms with Crippen molar-refractivity contribution < 1.29 is 4.79 Å². The minimum absolute atomic E-state index is 0.167. The van der Waals surface area contributed by atoms with Gasteiger partial charge < -0.3 is 9.88 Å². The standard InChI is InChI=1S/C17H27N3O/c1-2-15-18-11-13-20(15)12-8-16(21)19-17(9-10-17)14-6-4-3-5-7-14/h11,13-14H,2-10,12H2,1H3,(H,19,21). The number of rotatable bonds is 6. The Hall–Kier alpha value is -1.32. The lowest BCUT2D eigenvalue weighted by atomic mass is 9.82. The van der Waals surface area contributed by atoms with Crippen LogP contribution in [0.3, 0.4) is 0 Å². The highest BCUT2D eigenvalue weighted by Crippen LogP contribution is 2.48. The molecule has 2 aliphatic carbocycles. The SMILES string of the molecule is CCc1nccn1CCC(=O)NC1(C2CCCCC2)CC1. The summed E-state index contributed by atoms with van der Waals surface area (Å²) < 4.78 is 2.10. The van der Waals surface area contributed by atoms with Crippen molar-refractivity contribution in [3.8, 4) is 0 Å². The Morgan fingerprint density at radius 1 is 1.38 bits per heavy atom. The molecule has 0 spiro atoms. The Morgan fingerprint density at radius 3 is 2.81 bits per heavy atom. The lowest BCUT2D eigenvalue weighted by Gasteiger charge is -2.31. The molecule has 1 amide bonds. The van der Waals surface area contributed by atoms with Gasteiger partial charge in [0.1, 0.15) is 5.82 Å². The van der Waals surface area contributed by atoms with Crippen molar-refractivity contribution in [2.45, 2.75) is 76.8 Å². The summed E-state index contributed by atoms with van der Waals surface area (Å²) in [6.45, 7) is 2.84. The summed E-state index contributed by atoms with van der Waals surface area (Å²) in [5.74, 6) is 2.01. The van der Waals surface area contributed by atoms with E-state index in [4.69, 9.17) is 0 Å². The second-order valence-corrected chi connectivity index (χ2v) is 6.68. The van der Waals surface area contributed by atoms with Gasteiger partial charge in [-0.2, -0.15) is 0 Å². The molecule has 21 heavy (non-hydrogen) atoms. The van der Waals surface area contributed by atoms with E-state index in [1.807, 2.05) is 12.4 Å². The van der Waals surface area contributed by atoms with Crippen LogP contribution >= 0.6 is 0 Å². The van der Waals surface area contributed by atoms with Gasteiger partial charge in [0.25, 0.3) is 0 Å². The van der Waals surface area contributed by atoms with Gasteiger partial charge in [0.2, 0.25) is 5.91 Å². The summed E-state index contributed by atoms with van der Waals surface area (Å²) in [4.78, 5) is 16.6. The molecule has 1 aromatic rings. The minimum Gasteiger partial charge on any atom is -0.350 e. The molecule has 0 atom stereocenters. The maximum absolute atomic E-state index is 12.3. The predicted octanol–water partition coefficient (Wildman–Crippen LogP) is 3.06. The van der Waals surface area contributed by atoms with Crippen LogP contribution in [0.2, 0.25) is 0 Å². The number of aryl methyl sites for hydroxylation is 2. The second kappa shape index (κ2) is 6.20. The molecule has 0 unspecified atom stereocenters. The molecule has 3 rings (SSSR count). The van der Waals surface area contributed by atoms with Gasteiger partial charge in [-0.25, -0.2) is 4.98 Å². The Labute approximate surface area is 127 Å². The third-order valence-electron chi connectivity index (χ3n) is 5.26. The lowest BCUT2D eigenvalue weighted by Crippen LogP contribution is -2.43. The topological polar surface area (TPSA) is 46.9 Å². The van der Waals surface area contributed by atoms with Crippen LogP contribution in [0.5, 0.6) is 0 Å². The monoisotopic (exact) mass is 289 g/mol. The first-order valence-corrected chi connectivity index (χ1v) is 8.54. The van der Waals surface area contributed by atoms with E-state index in [1.54, 1.807) is 0 Å². The minimum atomic E-state index is 0.167. The van der Waals surface area contributed by atoms with Gasteiger partial charge in [-0.05, 0) is 31.6 Å². The van der Waals surface area contributed by atoms with E-state index >= 15 is 0 Å². The van der Waals surface area contributed by atoms with Crippen LogP contribution < -0.4 is 5.32 Å². The van der Waals surface area contributed by atoms with Gasteiger partial charge in [0, 0.05) is 37.3 Å². The van der Waals surface area contributed by atoms with Gasteiger partial charge in [0.05, 0.1) is 0 Å². The molecule has 1 heterocycles. The number of aromatic nitrogens is 2. The fourth-order valence-electron chi connectivity index (χ4n) is 3.85. The van der Waals surface area contributed by atoms with Gasteiger partial charge in [-0.3, -0.25) is 4.79 Å². The second-order valence-electron chi connectivity index (χ2n) is 6.68. The summed E-state index contributed by atoms with van der Waals surface area (Å²) in [5.41, 5.74) is 0.167. The molecule has 0 aromatic carbocycles. The zero-order valence-electron chi connectivity index (χ0n) is 13.1. The number of amides is 1. The van der Waals surface area contributed by atoms with Crippen LogP contribution in [0.25, 0.3) is 0 Å². The maximum Gasteiger partial charge on any atom is 0.222 e. The van der Waals surface area contributed by atoms with Crippen LogP contribution in [0.15, 0.2) is 12.4 Å². The average Bonchev–Trinajstić information content (AvgIpc) is 3.14. The van der Waals surface area contributed by atoms with Gasteiger partial charge in [0.15, 0.2) is 0 Å². The van der Waals surface area contributed by atoms with Gasteiger partial charge in [-0.1, -0.05) is 26.2 Å². The van der Waals surface area contributed by atoms with E-state index < -0.39 is 0 Å². The Balaban J connectivity index is 1.50. The molecule has 4 nitrogen and oxygen atoms in total. The molecule has 2 saturated carbocycles. The average molecular weight is 289 g/mol. The maximum atomic E-state index is 12.3. The predicted molar refractivity (Wildman–Crippen MR) is 82.9 cm³/mol. The van der Waals surface area contributed by atoms with Crippen LogP contribution in [-0.2, 0) is 17.8 Å². The van der Waals surface area contributed by atoms with Crippen LogP contribution in [-0.4, -0.2) is 21.0 Å². The van der Waals surface area contributed by atoms with Gasteiger partial charge in [-0.15, -0.1) is 0 Å². The molecule has 116 valence electrons. The third-order valence-corrected chi connectivity index (χ3v) is 5.26. The Bertz CT molecular complexity index is 484. The first kappa shape index (κ1) is 14.6. The summed E-state index contributed by atoms with van der Waals surface area (Å²) in [6.07, 6.45) is 14.3. The van der Waals surface area contributed by atoms with E-state index in [1.165, 1.54) is 44.9 Å². The van der Waals surface area contributed by atoms with E-state index in [0.29, 0.717) is 6.42 Å². The largest absolute Gasteiger partial charge is 0.350 e. The zero-order chi connectivity index (χ0) is 14.7. The number of imidazole rings is 1. The molecule has 1 aromatic heterocycles.